The summed E-state index contributed by atoms with van der Waals surface area (Å²) in [4.78, 5) is 12.1. The fraction of sp³-hybridized carbons (Fsp3) is 0.588. The fourth-order valence-corrected chi connectivity index (χ4v) is 2.87. The van der Waals surface area contributed by atoms with E-state index in [0.717, 1.165) is 24.3 Å². The molecule has 0 aromatic heterocycles. The SMILES string of the molecule is CC1CCC(C)(NC(=O)CCc2cccc(F)c2)CC1. The van der Waals surface area contributed by atoms with Gasteiger partial charge in [0, 0.05) is 12.0 Å². The molecular formula is C17H24FNO. The molecule has 1 amide bonds. The van der Waals surface area contributed by atoms with Crippen molar-refractivity contribution in [1.29, 1.82) is 0 Å². The summed E-state index contributed by atoms with van der Waals surface area (Å²) in [5.74, 6) is 0.606. The van der Waals surface area contributed by atoms with Crippen LogP contribution in [-0.2, 0) is 11.2 Å². The number of rotatable bonds is 4. The lowest BCUT2D eigenvalue weighted by molar-refractivity contribution is -0.123. The van der Waals surface area contributed by atoms with Gasteiger partial charge in [-0.2, -0.15) is 0 Å². The molecule has 0 saturated heterocycles. The molecule has 1 aromatic rings. The van der Waals surface area contributed by atoms with Crippen molar-refractivity contribution in [3.63, 3.8) is 0 Å². The minimum Gasteiger partial charge on any atom is -0.351 e. The molecule has 1 aromatic carbocycles. The molecule has 0 atom stereocenters. The number of nitrogens with one attached hydrogen (secondary N) is 1. The largest absolute Gasteiger partial charge is 0.351 e. The molecule has 1 aliphatic carbocycles. The predicted molar refractivity (Wildman–Crippen MR) is 78.9 cm³/mol. The minimum atomic E-state index is -0.240. The number of benzene rings is 1. The zero-order valence-electron chi connectivity index (χ0n) is 12.4. The Balaban J connectivity index is 1.80. The lowest BCUT2D eigenvalue weighted by Gasteiger charge is -2.37. The molecule has 0 radical (unpaired) electrons. The highest BCUT2D eigenvalue weighted by atomic mass is 19.1. The zero-order chi connectivity index (χ0) is 14.6. The van der Waals surface area contributed by atoms with Crippen molar-refractivity contribution >= 4 is 5.91 Å². The third kappa shape index (κ3) is 4.32. The third-order valence-electron chi connectivity index (χ3n) is 4.35. The average molecular weight is 277 g/mol. The quantitative estimate of drug-likeness (QED) is 0.890. The molecular weight excluding hydrogens is 253 g/mol. The van der Waals surface area contributed by atoms with Crippen LogP contribution in [0.2, 0.25) is 0 Å². The summed E-state index contributed by atoms with van der Waals surface area (Å²) in [5, 5.41) is 3.17. The van der Waals surface area contributed by atoms with E-state index in [1.165, 1.54) is 25.0 Å². The molecule has 110 valence electrons. The second kappa shape index (κ2) is 6.38. The summed E-state index contributed by atoms with van der Waals surface area (Å²) in [7, 11) is 0. The first kappa shape index (κ1) is 15.0. The van der Waals surface area contributed by atoms with Crippen LogP contribution >= 0.6 is 0 Å². The lowest BCUT2D eigenvalue weighted by Crippen LogP contribution is -2.48. The molecule has 2 nitrogen and oxygen atoms in total. The van der Waals surface area contributed by atoms with Gasteiger partial charge in [0.05, 0.1) is 0 Å². The fourth-order valence-electron chi connectivity index (χ4n) is 2.87. The van der Waals surface area contributed by atoms with Crippen LogP contribution in [0, 0.1) is 11.7 Å². The standard InChI is InChI=1S/C17H24FNO/c1-13-8-10-17(2,11-9-13)19-16(20)7-6-14-4-3-5-15(18)12-14/h3-5,12-13H,6-11H2,1-2H3,(H,19,20). The Hall–Kier alpha value is -1.38. The van der Waals surface area contributed by atoms with Gasteiger partial charge in [0.15, 0.2) is 0 Å². The monoisotopic (exact) mass is 277 g/mol. The van der Waals surface area contributed by atoms with E-state index in [1.807, 2.05) is 6.07 Å². The summed E-state index contributed by atoms with van der Waals surface area (Å²) in [6.45, 7) is 4.41. The highest BCUT2D eigenvalue weighted by Crippen LogP contribution is 2.31. The number of halogens is 1. The zero-order valence-corrected chi connectivity index (χ0v) is 12.4. The normalized spacial score (nSPS) is 26.2. The van der Waals surface area contributed by atoms with Crippen LogP contribution in [0.25, 0.3) is 0 Å². The summed E-state index contributed by atoms with van der Waals surface area (Å²) < 4.78 is 13.1. The van der Waals surface area contributed by atoms with Gasteiger partial charge in [0.1, 0.15) is 5.82 Å². The van der Waals surface area contributed by atoms with Gasteiger partial charge in [-0.1, -0.05) is 19.1 Å². The van der Waals surface area contributed by atoms with Gasteiger partial charge in [-0.05, 0) is 62.6 Å². The van der Waals surface area contributed by atoms with Crippen LogP contribution in [0.4, 0.5) is 4.39 Å². The van der Waals surface area contributed by atoms with E-state index in [1.54, 1.807) is 6.07 Å². The molecule has 1 aliphatic rings. The summed E-state index contributed by atoms with van der Waals surface area (Å²) in [5.41, 5.74) is 0.827. The number of hydrogen-bond donors (Lipinski definition) is 1. The molecule has 2 rings (SSSR count). The van der Waals surface area contributed by atoms with E-state index in [9.17, 15) is 9.18 Å². The van der Waals surface area contributed by atoms with Crippen molar-refractivity contribution in [2.45, 2.75) is 57.9 Å². The van der Waals surface area contributed by atoms with Crippen LogP contribution in [0.1, 0.15) is 51.5 Å². The first-order valence-corrected chi connectivity index (χ1v) is 7.52. The summed E-state index contributed by atoms with van der Waals surface area (Å²) in [6, 6.07) is 6.47. The van der Waals surface area contributed by atoms with Gasteiger partial charge in [0.25, 0.3) is 0 Å². The highest BCUT2D eigenvalue weighted by Gasteiger charge is 2.30. The van der Waals surface area contributed by atoms with Gasteiger partial charge in [-0.15, -0.1) is 0 Å². The molecule has 0 bridgehead atoms. The van der Waals surface area contributed by atoms with Crippen LogP contribution in [-0.4, -0.2) is 11.4 Å². The lowest BCUT2D eigenvalue weighted by atomic mass is 9.78. The molecule has 3 heteroatoms. The Morgan fingerprint density at radius 3 is 2.75 bits per heavy atom. The third-order valence-corrected chi connectivity index (χ3v) is 4.35. The van der Waals surface area contributed by atoms with Gasteiger partial charge in [-0.3, -0.25) is 4.79 Å². The second-order valence-corrected chi connectivity index (χ2v) is 6.42. The van der Waals surface area contributed by atoms with E-state index in [2.05, 4.69) is 19.2 Å². The minimum absolute atomic E-state index is 0.0501. The van der Waals surface area contributed by atoms with Gasteiger partial charge >= 0.3 is 0 Å². The Bertz CT molecular complexity index is 464. The Kier molecular flexibility index (Phi) is 4.79. The highest BCUT2D eigenvalue weighted by molar-refractivity contribution is 5.77. The molecule has 0 unspecified atom stereocenters. The van der Waals surface area contributed by atoms with E-state index < -0.39 is 0 Å². The average Bonchev–Trinajstić information content (AvgIpc) is 2.40. The maximum Gasteiger partial charge on any atom is 0.220 e. The number of amides is 1. The van der Waals surface area contributed by atoms with Crippen LogP contribution in [0.5, 0.6) is 0 Å². The Morgan fingerprint density at radius 1 is 1.40 bits per heavy atom. The van der Waals surface area contributed by atoms with Crippen molar-refractivity contribution in [3.05, 3.63) is 35.6 Å². The van der Waals surface area contributed by atoms with Crippen LogP contribution < -0.4 is 5.32 Å². The number of carbonyl (C=O) groups is 1. The van der Waals surface area contributed by atoms with E-state index >= 15 is 0 Å². The van der Waals surface area contributed by atoms with Gasteiger partial charge in [-0.25, -0.2) is 4.39 Å². The predicted octanol–water partition coefficient (Wildman–Crippen LogP) is 3.84. The summed E-state index contributed by atoms with van der Waals surface area (Å²) >= 11 is 0. The Labute approximate surface area is 120 Å². The maximum atomic E-state index is 13.1. The molecule has 1 saturated carbocycles. The van der Waals surface area contributed by atoms with Crippen molar-refractivity contribution in [3.8, 4) is 0 Å². The van der Waals surface area contributed by atoms with Crippen molar-refractivity contribution < 1.29 is 9.18 Å². The molecule has 1 fully saturated rings. The Morgan fingerprint density at radius 2 is 2.10 bits per heavy atom. The molecule has 0 aliphatic heterocycles. The molecule has 1 N–H and O–H groups in total. The van der Waals surface area contributed by atoms with Crippen LogP contribution in [0.3, 0.4) is 0 Å². The van der Waals surface area contributed by atoms with Gasteiger partial charge < -0.3 is 5.32 Å². The molecule has 20 heavy (non-hydrogen) atoms. The molecule has 0 spiro atoms. The maximum absolute atomic E-state index is 13.1. The number of aryl methyl sites for hydroxylation is 1. The number of carbonyl (C=O) groups excluding carboxylic acids is 1. The smallest absolute Gasteiger partial charge is 0.220 e. The molecule has 0 heterocycles. The van der Waals surface area contributed by atoms with Crippen molar-refractivity contribution in [2.24, 2.45) is 5.92 Å². The van der Waals surface area contributed by atoms with Crippen molar-refractivity contribution in [1.82, 2.24) is 5.32 Å². The first-order valence-electron chi connectivity index (χ1n) is 7.52. The van der Waals surface area contributed by atoms with E-state index in [0.29, 0.717) is 12.8 Å². The van der Waals surface area contributed by atoms with Gasteiger partial charge in [0.2, 0.25) is 5.91 Å². The number of hydrogen-bond acceptors (Lipinski definition) is 1. The van der Waals surface area contributed by atoms with E-state index in [-0.39, 0.29) is 17.3 Å². The first-order chi connectivity index (χ1) is 9.47. The van der Waals surface area contributed by atoms with Crippen LogP contribution in [0.15, 0.2) is 24.3 Å². The summed E-state index contributed by atoms with van der Waals surface area (Å²) in [6.07, 6.45) is 5.49. The second-order valence-electron chi connectivity index (χ2n) is 6.42. The van der Waals surface area contributed by atoms with E-state index in [4.69, 9.17) is 0 Å². The topological polar surface area (TPSA) is 29.1 Å². The van der Waals surface area contributed by atoms with Crippen molar-refractivity contribution in [2.75, 3.05) is 0 Å².